The number of benzene rings is 1. The monoisotopic (exact) mass is 381 g/mol. The van der Waals surface area contributed by atoms with Crippen molar-refractivity contribution >= 4 is 39.4 Å². The quantitative estimate of drug-likeness (QED) is 0.353. The molecule has 8 heteroatoms. The number of hydrogen-bond donors (Lipinski definition) is 0. The van der Waals surface area contributed by atoms with Gasteiger partial charge < -0.3 is 0 Å². The van der Waals surface area contributed by atoms with Crippen molar-refractivity contribution < 1.29 is 0 Å². The van der Waals surface area contributed by atoms with E-state index in [1.807, 2.05) is 36.4 Å². The van der Waals surface area contributed by atoms with E-state index < -0.39 is 0 Å². The number of allylic oxidation sites excluding steroid dienone is 1. The Hall–Kier alpha value is -4.20. The third-order valence-electron chi connectivity index (χ3n) is 4.56. The predicted molar refractivity (Wildman–Crippen MR) is 112 cm³/mol. The van der Waals surface area contributed by atoms with Gasteiger partial charge in [0.25, 0.3) is 5.56 Å². The van der Waals surface area contributed by atoms with Crippen molar-refractivity contribution in [2.45, 2.75) is 6.54 Å². The van der Waals surface area contributed by atoms with Crippen LogP contribution in [0.15, 0.2) is 77.7 Å². The molecule has 0 N–H and O–H groups in total. The van der Waals surface area contributed by atoms with Crippen LogP contribution >= 0.6 is 0 Å². The zero-order valence-electron chi connectivity index (χ0n) is 15.3. The Bertz CT molecular complexity index is 1470. The van der Waals surface area contributed by atoms with Crippen molar-refractivity contribution in [3.05, 3.63) is 83.7 Å². The summed E-state index contributed by atoms with van der Waals surface area (Å²) in [5.41, 5.74) is 3.44. The predicted octanol–water partition coefficient (Wildman–Crippen LogP) is 2.76. The highest BCUT2D eigenvalue weighted by Crippen LogP contribution is 2.24. The number of fused-ring (bicyclic) bond motifs is 4. The van der Waals surface area contributed by atoms with Crippen LogP contribution in [0.3, 0.4) is 0 Å². The van der Waals surface area contributed by atoms with Crippen LogP contribution in [-0.4, -0.2) is 35.4 Å². The van der Waals surface area contributed by atoms with Gasteiger partial charge in [0, 0.05) is 18.9 Å². The first-order valence-corrected chi connectivity index (χ1v) is 8.98. The Balaban J connectivity index is 1.87. The normalized spacial score (nSPS) is 11.7. The first-order chi connectivity index (χ1) is 14.3. The lowest BCUT2D eigenvalue weighted by molar-refractivity contribution is 0.763. The molecule has 0 amide bonds. The number of rotatable bonds is 4. The van der Waals surface area contributed by atoms with Gasteiger partial charge in [-0.15, -0.1) is 6.58 Å². The first kappa shape index (κ1) is 16.9. The lowest BCUT2D eigenvalue weighted by atomic mass is 10.3. The third-order valence-corrected chi connectivity index (χ3v) is 4.56. The average Bonchev–Trinajstić information content (AvgIpc) is 3.06. The van der Waals surface area contributed by atoms with Gasteiger partial charge in [-0.05, 0) is 29.8 Å². The fraction of sp³-hybridized carbons (Fsp3) is 0.0476. The molecule has 0 bridgehead atoms. The molecule has 5 aromatic rings. The molecule has 0 aliphatic rings. The molecule has 0 fully saturated rings. The van der Waals surface area contributed by atoms with Crippen molar-refractivity contribution in [2.75, 3.05) is 0 Å². The summed E-state index contributed by atoms with van der Waals surface area (Å²) >= 11 is 0. The molecule has 4 heterocycles. The highest BCUT2D eigenvalue weighted by molar-refractivity contribution is 6.04. The number of para-hydroxylation sites is 2. The topological polar surface area (TPSA) is 90.8 Å². The summed E-state index contributed by atoms with van der Waals surface area (Å²) in [6, 6.07) is 11.2. The van der Waals surface area contributed by atoms with Crippen LogP contribution in [0.4, 0.5) is 0 Å². The van der Waals surface area contributed by atoms with E-state index in [4.69, 9.17) is 9.97 Å². The molecule has 29 heavy (non-hydrogen) atoms. The molecule has 8 nitrogen and oxygen atoms in total. The second-order valence-corrected chi connectivity index (χ2v) is 6.41. The minimum atomic E-state index is -0.206. The van der Waals surface area contributed by atoms with E-state index in [1.54, 1.807) is 29.4 Å². The van der Waals surface area contributed by atoms with Crippen molar-refractivity contribution in [3.63, 3.8) is 0 Å². The molecule has 0 aliphatic carbocycles. The van der Waals surface area contributed by atoms with Crippen molar-refractivity contribution in [1.82, 2.24) is 29.2 Å². The smallest absolute Gasteiger partial charge is 0.265 e. The summed E-state index contributed by atoms with van der Waals surface area (Å²) in [5.74, 6) is 0. The van der Waals surface area contributed by atoms with Gasteiger partial charge in [0.15, 0.2) is 11.3 Å². The molecule has 5 rings (SSSR count). The fourth-order valence-electron chi connectivity index (χ4n) is 3.21. The lowest BCUT2D eigenvalue weighted by Crippen LogP contribution is -2.19. The van der Waals surface area contributed by atoms with Gasteiger partial charge in [0.1, 0.15) is 17.2 Å². The third kappa shape index (κ3) is 2.78. The number of aromatic nitrogens is 6. The standard InChI is InChI=1S/C21H15N7O/c1-2-11-27-13-23-19-17(21(27)29)18-20(26-16-6-4-3-5-15(16)25-18)28(19)24-12-14-7-9-22-10-8-14/h2-10,12-13H,1,11H2/b24-12-. The second-order valence-electron chi connectivity index (χ2n) is 6.41. The van der Waals surface area contributed by atoms with Crippen LogP contribution in [0, 0.1) is 0 Å². The van der Waals surface area contributed by atoms with Crippen molar-refractivity contribution in [2.24, 2.45) is 5.10 Å². The highest BCUT2D eigenvalue weighted by Gasteiger charge is 2.19. The zero-order valence-corrected chi connectivity index (χ0v) is 15.3. The van der Waals surface area contributed by atoms with Gasteiger partial charge in [0.05, 0.1) is 17.2 Å². The van der Waals surface area contributed by atoms with Gasteiger partial charge >= 0.3 is 0 Å². The van der Waals surface area contributed by atoms with Gasteiger partial charge in [0.2, 0.25) is 0 Å². The minimum Gasteiger partial charge on any atom is -0.295 e. The van der Waals surface area contributed by atoms with E-state index in [2.05, 4.69) is 21.6 Å². The minimum absolute atomic E-state index is 0.206. The molecule has 0 saturated heterocycles. The fourth-order valence-corrected chi connectivity index (χ4v) is 3.21. The largest absolute Gasteiger partial charge is 0.295 e. The SMILES string of the molecule is C=CCn1cnc2c(c1=O)c1nc3ccccc3nc1n2/N=C\c1ccncc1. The highest BCUT2D eigenvalue weighted by atomic mass is 16.1. The molecule has 0 aliphatic heterocycles. The van der Waals surface area contributed by atoms with Crippen LogP contribution in [0.25, 0.3) is 33.2 Å². The van der Waals surface area contributed by atoms with Crippen LogP contribution in [-0.2, 0) is 6.54 Å². The van der Waals surface area contributed by atoms with E-state index >= 15 is 0 Å². The van der Waals surface area contributed by atoms with E-state index in [9.17, 15) is 4.79 Å². The summed E-state index contributed by atoms with van der Waals surface area (Å²) < 4.78 is 3.05. The number of nitrogens with zero attached hydrogens (tertiary/aromatic N) is 7. The van der Waals surface area contributed by atoms with Gasteiger partial charge in [-0.1, -0.05) is 18.2 Å². The van der Waals surface area contributed by atoms with E-state index in [1.165, 1.54) is 10.9 Å². The molecule has 0 atom stereocenters. The molecule has 0 radical (unpaired) electrons. The Labute approximate surface area is 164 Å². The molecular weight excluding hydrogens is 366 g/mol. The Morgan fingerprint density at radius 3 is 2.55 bits per heavy atom. The summed E-state index contributed by atoms with van der Waals surface area (Å²) in [4.78, 5) is 31.0. The molecule has 4 aromatic heterocycles. The van der Waals surface area contributed by atoms with Gasteiger partial charge in [-0.2, -0.15) is 9.78 Å². The number of pyridine rings is 1. The Kier molecular flexibility index (Phi) is 3.94. The maximum Gasteiger partial charge on any atom is 0.265 e. The molecule has 0 saturated carbocycles. The molecule has 1 aromatic carbocycles. The summed E-state index contributed by atoms with van der Waals surface area (Å²) in [7, 11) is 0. The number of hydrogen-bond acceptors (Lipinski definition) is 6. The van der Waals surface area contributed by atoms with Crippen molar-refractivity contribution in [3.8, 4) is 0 Å². The lowest BCUT2D eigenvalue weighted by Gasteiger charge is -2.01. The molecule has 0 unspecified atom stereocenters. The summed E-state index contributed by atoms with van der Waals surface area (Å²) in [6.07, 6.45) is 8.19. The maximum absolute atomic E-state index is 13.1. The van der Waals surface area contributed by atoms with E-state index in [0.29, 0.717) is 34.3 Å². The molecule has 0 spiro atoms. The Morgan fingerprint density at radius 2 is 1.79 bits per heavy atom. The average molecular weight is 381 g/mol. The zero-order chi connectivity index (χ0) is 19.8. The molecule has 140 valence electrons. The molecular formula is C21H15N7O. The maximum atomic E-state index is 13.1. The van der Waals surface area contributed by atoms with Crippen molar-refractivity contribution in [1.29, 1.82) is 0 Å². The summed E-state index contributed by atoms with van der Waals surface area (Å²) in [6.45, 7) is 4.06. The Morgan fingerprint density at radius 1 is 1.03 bits per heavy atom. The van der Waals surface area contributed by atoms with E-state index in [0.717, 1.165) is 11.1 Å². The van der Waals surface area contributed by atoms with Crippen LogP contribution in [0.1, 0.15) is 5.56 Å². The van der Waals surface area contributed by atoms with Crippen LogP contribution < -0.4 is 5.56 Å². The van der Waals surface area contributed by atoms with Crippen LogP contribution in [0.5, 0.6) is 0 Å². The van der Waals surface area contributed by atoms with Gasteiger partial charge in [-0.25, -0.2) is 15.0 Å². The summed E-state index contributed by atoms with van der Waals surface area (Å²) in [5, 5.41) is 4.93. The van der Waals surface area contributed by atoms with E-state index in [-0.39, 0.29) is 5.56 Å². The van der Waals surface area contributed by atoms with Crippen LogP contribution in [0.2, 0.25) is 0 Å². The van der Waals surface area contributed by atoms with Gasteiger partial charge in [-0.3, -0.25) is 14.3 Å². The second kappa shape index (κ2) is 6.75. The first-order valence-electron chi connectivity index (χ1n) is 8.98.